The van der Waals surface area contributed by atoms with Gasteiger partial charge in [-0.05, 0) is 59.1 Å². The van der Waals surface area contributed by atoms with Crippen LogP contribution in [-0.2, 0) is 4.74 Å². The van der Waals surface area contributed by atoms with Crippen molar-refractivity contribution in [3.05, 3.63) is 12.4 Å². The number of nitrogens with zero attached hydrogens (tertiary/aromatic N) is 4. The molecule has 2 heterocycles. The summed E-state index contributed by atoms with van der Waals surface area (Å²) in [6.07, 6.45) is 3.82. The first-order valence-electron chi connectivity index (χ1n) is 9.35. The molecule has 2 aliphatic heterocycles. The maximum atomic E-state index is 12.7. The van der Waals surface area contributed by atoms with E-state index in [0.717, 1.165) is 25.7 Å². The van der Waals surface area contributed by atoms with E-state index in [1.165, 1.54) is 0 Å². The lowest BCUT2D eigenvalue weighted by Crippen LogP contribution is -2.63. The summed E-state index contributed by atoms with van der Waals surface area (Å²) in [5.41, 5.74) is -1.45. The smallest absolute Gasteiger partial charge is 0.412 e. The van der Waals surface area contributed by atoms with Crippen molar-refractivity contribution in [2.45, 2.75) is 84.2 Å². The fourth-order valence-electron chi connectivity index (χ4n) is 3.62. The van der Waals surface area contributed by atoms with Gasteiger partial charge in [0.25, 0.3) is 0 Å². The highest BCUT2D eigenvalue weighted by atomic mass is 35.5. The fourth-order valence-corrected chi connectivity index (χ4v) is 3.92. The average molecular weight is 385 g/mol. The molecule has 0 aliphatic carbocycles. The number of amidine groups is 1. The predicted octanol–water partition coefficient (Wildman–Crippen LogP) is 4.56. The quantitative estimate of drug-likeness (QED) is 0.396. The highest BCUT2D eigenvalue weighted by Crippen LogP contribution is 2.49. The van der Waals surface area contributed by atoms with Gasteiger partial charge in [0.1, 0.15) is 22.7 Å². The van der Waals surface area contributed by atoms with E-state index in [-0.39, 0.29) is 6.09 Å². The number of ether oxygens (including phenoxy) is 1. The van der Waals surface area contributed by atoms with Gasteiger partial charge in [0.05, 0.1) is 6.54 Å². The normalized spacial score (nSPS) is 25.3. The van der Waals surface area contributed by atoms with E-state index in [2.05, 4.69) is 37.2 Å². The second-order valence-electron chi connectivity index (χ2n) is 8.69. The number of hydrogen-bond donors (Lipinski definition) is 0. The van der Waals surface area contributed by atoms with Crippen LogP contribution in [0.1, 0.15) is 67.2 Å². The fraction of sp³-hybridized carbons (Fsp3) is 0.789. The molecule has 1 unspecified atom stereocenters. The average Bonchev–Trinajstić information content (AvgIpc) is 3.18. The summed E-state index contributed by atoms with van der Waals surface area (Å²) in [7, 11) is 1.91. The Bertz CT molecular complexity index is 611. The zero-order valence-electron chi connectivity index (χ0n) is 17.2. The van der Waals surface area contributed by atoms with Gasteiger partial charge in [-0.1, -0.05) is 26.3 Å². The summed E-state index contributed by atoms with van der Waals surface area (Å²) in [4.78, 5) is 23.0. The Hall–Kier alpha value is -1.43. The monoisotopic (exact) mass is 384 g/mol. The Morgan fingerprint density at radius 2 is 1.96 bits per heavy atom. The number of amides is 1. The minimum atomic E-state index is -0.526. The van der Waals surface area contributed by atoms with Crippen LogP contribution >= 0.6 is 11.6 Å². The molecular weight excluding hydrogens is 352 g/mol. The van der Waals surface area contributed by atoms with Gasteiger partial charge in [-0.2, -0.15) is 0 Å². The molecule has 1 saturated heterocycles. The maximum absolute atomic E-state index is 12.7. The summed E-state index contributed by atoms with van der Waals surface area (Å²) < 4.78 is 5.62. The number of carbonyl (C=O) groups excluding carboxylic acids is 1. The number of rotatable bonds is 5. The molecule has 0 spiro atoms. The molecule has 0 aromatic carbocycles. The number of aliphatic imine (C=N–C) groups is 1. The van der Waals surface area contributed by atoms with Crippen LogP contribution in [0.25, 0.3) is 0 Å². The van der Waals surface area contributed by atoms with E-state index in [9.17, 15) is 4.79 Å². The summed E-state index contributed by atoms with van der Waals surface area (Å²) >= 11 is 6.28. The molecule has 2 aliphatic rings. The van der Waals surface area contributed by atoms with Crippen LogP contribution in [-0.4, -0.2) is 56.6 Å². The standard InChI is InChI=1S/C19H33ClN4O2/c1-9-10-11-12-19(13-23(19)16(25)26-17(3,4)5)24-14(2)21-15(20)22(8)18(24,6)7/h2,9-13H2,1,3-8H3. The zero-order chi connectivity index (χ0) is 19.9. The van der Waals surface area contributed by atoms with Gasteiger partial charge in [0.15, 0.2) is 0 Å². The largest absolute Gasteiger partial charge is 0.444 e. The Morgan fingerprint density at radius 1 is 1.35 bits per heavy atom. The first-order valence-corrected chi connectivity index (χ1v) is 9.72. The molecular formula is C19H33ClN4O2. The van der Waals surface area contributed by atoms with Crippen molar-refractivity contribution in [2.75, 3.05) is 13.6 Å². The van der Waals surface area contributed by atoms with Crippen LogP contribution in [0.3, 0.4) is 0 Å². The van der Waals surface area contributed by atoms with Crippen LogP contribution in [0.2, 0.25) is 0 Å². The third kappa shape index (κ3) is 3.80. The van der Waals surface area contributed by atoms with E-state index in [4.69, 9.17) is 16.3 Å². The zero-order valence-corrected chi connectivity index (χ0v) is 18.0. The molecule has 0 N–H and O–H groups in total. The van der Waals surface area contributed by atoms with Crippen LogP contribution in [0.5, 0.6) is 0 Å². The lowest BCUT2D eigenvalue weighted by molar-refractivity contribution is -0.0292. The highest BCUT2D eigenvalue weighted by Gasteiger charge is 2.64. The topological polar surface area (TPSA) is 48.2 Å². The third-order valence-electron chi connectivity index (χ3n) is 5.15. The molecule has 7 heteroatoms. The number of hydrogen-bond acceptors (Lipinski definition) is 5. The van der Waals surface area contributed by atoms with Gasteiger partial charge in [-0.25, -0.2) is 9.79 Å². The van der Waals surface area contributed by atoms with Crippen LogP contribution in [0.4, 0.5) is 4.79 Å². The van der Waals surface area contributed by atoms with Gasteiger partial charge in [0.2, 0.25) is 5.29 Å². The molecule has 1 amide bonds. The Balaban J connectivity index is 2.34. The molecule has 6 nitrogen and oxygen atoms in total. The summed E-state index contributed by atoms with van der Waals surface area (Å²) in [6.45, 7) is 16.7. The van der Waals surface area contributed by atoms with Crippen molar-refractivity contribution in [3.63, 3.8) is 0 Å². The van der Waals surface area contributed by atoms with Crippen molar-refractivity contribution in [2.24, 2.45) is 4.99 Å². The number of unbranched alkanes of at least 4 members (excludes halogenated alkanes) is 2. The molecule has 0 saturated carbocycles. The minimum absolute atomic E-state index is 0.291. The van der Waals surface area contributed by atoms with Crippen LogP contribution in [0, 0.1) is 0 Å². The van der Waals surface area contributed by atoms with Crippen LogP contribution in [0.15, 0.2) is 17.4 Å². The van der Waals surface area contributed by atoms with E-state index >= 15 is 0 Å². The molecule has 0 aromatic rings. The van der Waals surface area contributed by atoms with E-state index in [0.29, 0.717) is 17.7 Å². The first-order chi connectivity index (χ1) is 11.9. The highest BCUT2D eigenvalue weighted by molar-refractivity contribution is 6.64. The summed E-state index contributed by atoms with van der Waals surface area (Å²) in [5, 5.41) is 0.407. The molecule has 26 heavy (non-hydrogen) atoms. The number of halogens is 1. The molecule has 148 valence electrons. The van der Waals surface area contributed by atoms with Crippen molar-refractivity contribution in [1.29, 1.82) is 0 Å². The molecule has 1 atom stereocenters. The lowest BCUT2D eigenvalue weighted by Gasteiger charge is -2.52. The Labute approximate surface area is 162 Å². The minimum Gasteiger partial charge on any atom is -0.444 e. The van der Waals surface area contributed by atoms with E-state index in [1.807, 2.05) is 32.7 Å². The second kappa shape index (κ2) is 6.95. The van der Waals surface area contributed by atoms with E-state index in [1.54, 1.807) is 4.90 Å². The van der Waals surface area contributed by atoms with Gasteiger partial charge in [-0.3, -0.25) is 4.90 Å². The van der Waals surface area contributed by atoms with Gasteiger partial charge in [-0.15, -0.1) is 0 Å². The SMILES string of the molecule is C=C1N=C(Cl)N(C)C(C)(C)N1C1(CCCCC)CN1C(=O)OC(C)(C)C. The lowest BCUT2D eigenvalue weighted by atomic mass is 10.0. The molecule has 2 rings (SSSR count). The van der Waals surface area contributed by atoms with Crippen molar-refractivity contribution < 1.29 is 9.53 Å². The molecule has 0 aromatic heterocycles. The first kappa shape index (κ1) is 20.9. The van der Waals surface area contributed by atoms with Crippen LogP contribution < -0.4 is 0 Å². The summed E-state index contributed by atoms with van der Waals surface area (Å²) in [5.74, 6) is 0.584. The van der Waals surface area contributed by atoms with Crippen molar-refractivity contribution in [3.8, 4) is 0 Å². The Morgan fingerprint density at radius 3 is 2.50 bits per heavy atom. The van der Waals surface area contributed by atoms with Gasteiger partial charge < -0.3 is 14.5 Å². The van der Waals surface area contributed by atoms with Gasteiger partial charge >= 0.3 is 6.09 Å². The molecule has 0 bridgehead atoms. The van der Waals surface area contributed by atoms with Crippen molar-refractivity contribution in [1.82, 2.24) is 14.7 Å². The third-order valence-corrected chi connectivity index (χ3v) is 5.48. The van der Waals surface area contributed by atoms with Crippen molar-refractivity contribution >= 4 is 23.0 Å². The molecule has 1 fully saturated rings. The predicted molar refractivity (Wildman–Crippen MR) is 106 cm³/mol. The maximum Gasteiger partial charge on any atom is 0.412 e. The van der Waals surface area contributed by atoms with Gasteiger partial charge in [0, 0.05) is 7.05 Å². The second-order valence-corrected chi connectivity index (χ2v) is 9.03. The van der Waals surface area contributed by atoms with E-state index < -0.39 is 16.9 Å². The summed E-state index contributed by atoms with van der Waals surface area (Å²) in [6, 6.07) is 0. The Kier molecular flexibility index (Phi) is 5.58. The molecule has 0 radical (unpaired) electrons. The number of carbonyl (C=O) groups is 1.